The van der Waals surface area contributed by atoms with Gasteiger partial charge >= 0.3 is 0 Å². The van der Waals surface area contributed by atoms with E-state index in [0.29, 0.717) is 12.5 Å². The molecule has 1 N–H and O–H groups in total. The predicted molar refractivity (Wildman–Crippen MR) is 81.6 cm³/mol. The maximum atomic E-state index is 5.23. The van der Waals surface area contributed by atoms with Gasteiger partial charge in [-0.1, -0.05) is 44.2 Å². The summed E-state index contributed by atoms with van der Waals surface area (Å²) in [6.07, 6.45) is 3.64. The van der Waals surface area contributed by atoms with Crippen LogP contribution in [0.2, 0.25) is 0 Å². The summed E-state index contributed by atoms with van der Waals surface area (Å²) in [6.45, 7) is 4.99. The van der Waals surface area contributed by atoms with Crippen molar-refractivity contribution in [2.75, 3.05) is 19.0 Å². The summed E-state index contributed by atoms with van der Waals surface area (Å²) in [5.74, 6) is 1.22. The first kappa shape index (κ1) is 14.5. The van der Waals surface area contributed by atoms with E-state index in [1.165, 1.54) is 0 Å². The van der Waals surface area contributed by atoms with E-state index in [1.807, 2.05) is 42.7 Å². The predicted octanol–water partition coefficient (Wildman–Crippen LogP) is 3.23. The number of methoxy groups -OCH3 is 1. The van der Waals surface area contributed by atoms with E-state index < -0.39 is 0 Å². The summed E-state index contributed by atoms with van der Waals surface area (Å²) in [6, 6.07) is 10.2. The SMILES string of the molecule is COCC(Nc1cnc(-c2ccccc2)nc1)C(C)C. The lowest BCUT2D eigenvalue weighted by Gasteiger charge is -2.22. The van der Waals surface area contributed by atoms with E-state index in [1.54, 1.807) is 7.11 Å². The van der Waals surface area contributed by atoms with Crippen LogP contribution in [0, 0.1) is 5.92 Å². The first-order chi connectivity index (χ1) is 9.70. The van der Waals surface area contributed by atoms with E-state index in [9.17, 15) is 0 Å². The highest BCUT2D eigenvalue weighted by atomic mass is 16.5. The Morgan fingerprint density at radius 1 is 1.10 bits per heavy atom. The average Bonchev–Trinajstić information content (AvgIpc) is 2.48. The lowest BCUT2D eigenvalue weighted by Crippen LogP contribution is -2.30. The molecule has 1 aromatic heterocycles. The summed E-state index contributed by atoms with van der Waals surface area (Å²) in [5, 5.41) is 3.41. The molecule has 1 atom stereocenters. The van der Waals surface area contributed by atoms with Gasteiger partial charge in [0.2, 0.25) is 0 Å². The van der Waals surface area contributed by atoms with Crippen LogP contribution in [0.5, 0.6) is 0 Å². The molecule has 0 saturated heterocycles. The number of hydrogen-bond acceptors (Lipinski definition) is 4. The Balaban J connectivity index is 2.08. The van der Waals surface area contributed by atoms with Gasteiger partial charge < -0.3 is 10.1 Å². The molecule has 0 aliphatic carbocycles. The molecule has 0 saturated carbocycles. The quantitative estimate of drug-likeness (QED) is 0.876. The molecule has 0 radical (unpaired) electrons. The first-order valence-corrected chi connectivity index (χ1v) is 6.83. The van der Waals surface area contributed by atoms with Gasteiger partial charge in [-0.05, 0) is 5.92 Å². The third kappa shape index (κ3) is 3.78. The molecular formula is C16H21N3O. The topological polar surface area (TPSA) is 47.0 Å². The van der Waals surface area contributed by atoms with Crippen molar-refractivity contribution in [1.29, 1.82) is 0 Å². The Labute approximate surface area is 120 Å². The number of aromatic nitrogens is 2. The zero-order valence-electron chi connectivity index (χ0n) is 12.2. The second-order valence-electron chi connectivity index (χ2n) is 5.11. The van der Waals surface area contributed by atoms with Crippen LogP contribution in [0.1, 0.15) is 13.8 Å². The van der Waals surface area contributed by atoms with Crippen LogP contribution >= 0.6 is 0 Å². The first-order valence-electron chi connectivity index (χ1n) is 6.83. The number of rotatable bonds is 6. The second kappa shape index (κ2) is 7.01. The van der Waals surface area contributed by atoms with Crippen LogP contribution < -0.4 is 5.32 Å². The minimum atomic E-state index is 0.256. The van der Waals surface area contributed by atoms with Gasteiger partial charge in [-0.3, -0.25) is 0 Å². The van der Waals surface area contributed by atoms with E-state index >= 15 is 0 Å². The Hall–Kier alpha value is -1.94. The zero-order valence-corrected chi connectivity index (χ0v) is 12.2. The molecule has 2 rings (SSSR count). The van der Waals surface area contributed by atoms with E-state index in [4.69, 9.17) is 4.74 Å². The monoisotopic (exact) mass is 271 g/mol. The highest BCUT2D eigenvalue weighted by molar-refractivity contribution is 5.55. The van der Waals surface area contributed by atoms with Gasteiger partial charge in [0.1, 0.15) is 0 Å². The van der Waals surface area contributed by atoms with Gasteiger partial charge in [0.25, 0.3) is 0 Å². The van der Waals surface area contributed by atoms with Crippen LogP contribution in [0.25, 0.3) is 11.4 Å². The van der Waals surface area contributed by atoms with Crippen molar-refractivity contribution in [1.82, 2.24) is 9.97 Å². The molecule has 0 aliphatic heterocycles. The number of nitrogens with zero attached hydrogens (tertiary/aromatic N) is 2. The molecule has 4 nitrogen and oxygen atoms in total. The summed E-state index contributed by atoms with van der Waals surface area (Å²) >= 11 is 0. The maximum Gasteiger partial charge on any atom is 0.159 e. The summed E-state index contributed by atoms with van der Waals surface area (Å²) in [5.41, 5.74) is 1.94. The molecule has 4 heteroatoms. The molecule has 106 valence electrons. The fraction of sp³-hybridized carbons (Fsp3) is 0.375. The Bertz CT molecular complexity index is 511. The van der Waals surface area contributed by atoms with Gasteiger partial charge in [-0.15, -0.1) is 0 Å². The Kier molecular flexibility index (Phi) is 5.07. The number of anilines is 1. The molecule has 2 aromatic rings. The number of ether oxygens (including phenoxy) is 1. The lowest BCUT2D eigenvalue weighted by molar-refractivity contribution is 0.171. The van der Waals surface area contributed by atoms with Crippen LogP contribution in [0.4, 0.5) is 5.69 Å². The van der Waals surface area contributed by atoms with Crippen LogP contribution in [0.3, 0.4) is 0 Å². The van der Waals surface area contributed by atoms with Crippen molar-refractivity contribution < 1.29 is 4.74 Å². The molecule has 20 heavy (non-hydrogen) atoms. The molecule has 1 unspecified atom stereocenters. The fourth-order valence-corrected chi connectivity index (χ4v) is 1.93. The fourth-order valence-electron chi connectivity index (χ4n) is 1.93. The summed E-state index contributed by atoms with van der Waals surface area (Å²) in [7, 11) is 1.71. The average molecular weight is 271 g/mol. The number of hydrogen-bond donors (Lipinski definition) is 1. The minimum Gasteiger partial charge on any atom is -0.383 e. The third-order valence-electron chi connectivity index (χ3n) is 3.19. The summed E-state index contributed by atoms with van der Waals surface area (Å²) < 4.78 is 5.23. The third-order valence-corrected chi connectivity index (χ3v) is 3.19. The molecule has 1 aromatic carbocycles. The van der Waals surface area contributed by atoms with Crippen molar-refractivity contribution in [3.05, 3.63) is 42.7 Å². The van der Waals surface area contributed by atoms with Crippen LogP contribution in [-0.2, 0) is 4.74 Å². The van der Waals surface area contributed by atoms with Crippen molar-refractivity contribution in [3.8, 4) is 11.4 Å². The standard InChI is InChI=1S/C16H21N3O/c1-12(2)15(11-20-3)19-14-9-17-16(18-10-14)13-7-5-4-6-8-13/h4-10,12,15,19H,11H2,1-3H3. The highest BCUT2D eigenvalue weighted by Crippen LogP contribution is 2.16. The second-order valence-corrected chi connectivity index (χ2v) is 5.11. The van der Waals surface area contributed by atoms with Gasteiger partial charge in [-0.25, -0.2) is 9.97 Å². The van der Waals surface area contributed by atoms with Gasteiger partial charge in [0, 0.05) is 12.7 Å². The highest BCUT2D eigenvalue weighted by Gasteiger charge is 2.13. The molecule has 0 fully saturated rings. The molecule has 0 bridgehead atoms. The van der Waals surface area contributed by atoms with Gasteiger partial charge in [0.05, 0.1) is 30.7 Å². The van der Waals surface area contributed by atoms with Crippen molar-refractivity contribution in [2.24, 2.45) is 5.92 Å². The number of nitrogens with one attached hydrogen (secondary N) is 1. The maximum absolute atomic E-state index is 5.23. The zero-order chi connectivity index (χ0) is 14.4. The molecular weight excluding hydrogens is 250 g/mol. The van der Waals surface area contributed by atoms with Crippen LogP contribution in [-0.4, -0.2) is 29.7 Å². The van der Waals surface area contributed by atoms with E-state index in [0.717, 1.165) is 17.1 Å². The van der Waals surface area contributed by atoms with Crippen molar-refractivity contribution in [2.45, 2.75) is 19.9 Å². The molecule has 0 spiro atoms. The Morgan fingerprint density at radius 2 is 1.75 bits per heavy atom. The van der Waals surface area contributed by atoms with Gasteiger partial charge in [-0.2, -0.15) is 0 Å². The normalized spacial score (nSPS) is 12.4. The van der Waals surface area contributed by atoms with Gasteiger partial charge in [0.15, 0.2) is 5.82 Å². The largest absolute Gasteiger partial charge is 0.383 e. The van der Waals surface area contributed by atoms with Crippen molar-refractivity contribution >= 4 is 5.69 Å². The minimum absolute atomic E-state index is 0.256. The number of benzene rings is 1. The van der Waals surface area contributed by atoms with Crippen LogP contribution in [0.15, 0.2) is 42.7 Å². The smallest absolute Gasteiger partial charge is 0.159 e. The molecule has 0 aliphatic rings. The Morgan fingerprint density at radius 3 is 2.30 bits per heavy atom. The van der Waals surface area contributed by atoms with E-state index in [2.05, 4.69) is 29.1 Å². The lowest BCUT2D eigenvalue weighted by atomic mass is 10.1. The molecule has 0 amide bonds. The molecule has 1 heterocycles. The summed E-state index contributed by atoms with van der Waals surface area (Å²) in [4.78, 5) is 8.81. The van der Waals surface area contributed by atoms with E-state index in [-0.39, 0.29) is 6.04 Å². The van der Waals surface area contributed by atoms with Crippen molar-refractivity contribution in [3.63, 3.8) is 0 Å².